The highest BCUT2D eigenvalue weighted by atomic mass is 35.5. The van der Waals surface area contributed by atoms with Crippen molar-refractivity contribution in [2.75, 3.05) is 10.7 Å². The van der Waals surface area contributed by atoms with Crippen LogP contribution in [0.1, 0.15) is 0 Å². The molecule has 0 unspecified atom stereocenters. The Labute approximate surface area is 209 Å². The Morgan fingerprint density at radius 3 is 2.24 bits per heavy atom. The zero-order valence-electron chi connectivity index (χ0n) is 17.6. The van der Waals surface area contributed by atoms with Gasteiger partial charge in [-0.05, 0) is 36.4 Å². The van der Waals surface area contributed by atoms with Crippen LogP contribution in [0.4, 0.5) is 11.4 Å². The van der Waals surface area contributed by atoms with E-state index in [1.54, 1.807) is 27.5 Å². The molecule has 6 rings (SSSR count). The summed E-state index contributed by atoms with van der Waals surface area (Å²) < 4.78 is 1.69. The van der Waals surface area contributed by atoms with Crippen molar-refractivity contribution >= 4 is 63.4 Å². The predicted octanol–water partition coefficient (Wildman–Crippen LogP) is 6.39. The molecule has 3 heterocycles. The first-order valence-corrected chi connectivity index (χ1v) is 12.6. The quantitative estimate of drug-likeness (QED) is 0.210. The first-order chi connectivity index (χ1) is 16.7. The van der Waals surface area contributed by atoms with Gasteiger partial charge < -0.3 is 0 Å². The van der Waals surface area contributed by atoms with E-state index in [9.17, 15) is 4.79 Å². The number of hydrogen-bond donors (Lipinski definition) is 0. The van der Waals surface area contributed by atoms with E-state index in [4.69, 9.17) is 11.6 Å². The SMILES string of the molecule is O=C(CSc1ncnc2c1cnn2-c1ccccc1Cl)N1c2ccccc2Sc2ccccc21. The fourth-order valence-electron chi connectivity index (χ4n) is 3.91. The van der Waals surface area contributed by atoms with Gasteiger partial charge in [-0.1, -0.05) is 71.5 Å². The van der Waals surface area contributed by atoms with E-state index in [1.165, 1.54) is 18.1 Å². The molecule has 166 valence electrons. The number of anilines is 2. The van der Waals surface area contributed by atoms with Crippen LogP contribution in [0.2, 0.25) is 5.02 Å². The van der Waals surface area contributed by atoms with Crippen LogP contribution in [0.5, 0.6) is 0 Å². The molecule has 0 atom stereocenters. The van der Waals surface area contributed by atoms with Crippen LogP contribution in [0.15, 0.2) is 100 Å². The second kappa shape index (κ2) is 8.79. The Morgan fingerprint density at radius 2 is 1.53 bits per heavy atom. The Hall–Kier alpha value is -3.33. The molecular formula is C25H16ClN5OS2. The standard InChI is InChI=1S/C25H16ClN5OS2/c26-17-7-1-2-8-18(17)31-24-16(13-29-31)25(28-15-27-24)33-14-23(32)30-19-9-3-5-11-21(19)34-22-12-6-4-10-20(22)30/h1-13,15H,14H2. The van der Waals surface area contributed by atoms with Gasteiger partial charge in [-0.3, -0.25) is 9.69 Å². The summed E-state index contributed by atoms with van der Waals surface area (Å²) in [4.78, 5) is 26.3. The molecule has 1 aliphatic heterocycles. The summed E-state index contributed by atoms with van der Waals surface area (Å²) in [7, 11) is 0. The monoisotopic (exact) mass is 501 g/mol. The third-order valence-corrected chi connectivity index (χ3v) is 7.86. The third kappa shape index (κ3) is 3.64. The van der Waals surface area contributed by atoms with Crippen molar-refractivity contribution in [2.24, 2.45) is 0 Å². The number of amides is 1. The number of benzene rings is 3. The highest BCUT2D eigenvalue weighted by Crippen LogP contribution is 2.48. The summed E-state index contributed by atoms with van der Waals surface area (Å²) in [6.07, 6.45) is 3.21. The number of aromatic nitrogens is 4. The molecule has 3 aromatic carbocycles. The van der Waals surface area contributed by atoms with Gasteiger partial charge in [0.1, 0.15) is 11.4 Å². The maximum atomic E-state index is 13.5. The summed E-state index contributed by atoms with van der Waals surface area (Å²) in [5.41, 5.74) is 3.18. The average molecular weight is 502 g/mol. The molecule has 9 heteroatoms. The number of carbonyl (C=O) groups is 1. The number of nitrogens with zero attached hydrogens (tertiary/aromatic N) is 5. The summed E-state index contributed by atoms with van der Waals surface area (Å²) in [6, 6.07) is 23.4. The van der Waals surface area contributed by atoms with Gasteiger partial charge >= 0.3 is 0 Å². The lowest BCUT2D eigenvalue weighted by atomic mass is 10.2. The van der Waals surface area contributed by atoms with Crippen molar-refractivity contribution in [3.63, 3.8) is 0 Å². The molecule has 0 aliphatic carbocycles. The lowest BCUT2D eigenvalue weighted by Gasteiger charge is -2.30. The number of fused-ring (bicyclic) bond motifs is 3. The van der Waals surface area contributed by atoms with E-state index in [0.29, 0.717) is 15.7 Å². The normalized spacial score (nSPS) is 12.4. The van der Waals surface area contributed by atoms with Crippen molar-refractivity contribution in [2.45, 2.75) is 14.8 Å². The largest absolute Gasteiger partial charge is 0.278 e. The van der Waals surface area contributed by atoms with E-state index in [-0.39, 0.29) is 11.7 Å². The summed E-state index contributed by atoms with van der Waals surface area (Å²) in [5.74, 6) is 0.201. The first kappa shape index (κ1) is 21.2. The summed E-state index contributed by atoms with van der Waals surface area (Å²) in [6.45, 7) is 0. The van der Waals surface area contributed by atoms with Gasteiger partial charge in [-0.15, -0.1) is 0 Å². The van der Waals surface area contributed by atoms with E-state index < -0.39 is 0 Å². The summed E-state index contributed by atoms with van der Waals surface area (Å²) in [5, 5.41) is 6.53. The minimum atomic E-state index is -0.0181. The average Bonchev–Trinajstić information content (AvgIpc) is 3.30. The van der Waals surface area contributed by atoms with Crippen LogP contribution < -0.4 is 4.90 Å². The molecule has 1 aliphatic rings. The molecule has 0 spiro atoms. The van der Waals surface area contributed by atoms with Crippen LogP contribution in [0.25, 0.3) is 16.7 Å². The molecule has 0 radical (unpaired) electrons. The van der Waals surface area contributed by atoms with Crippen LogP contribution in [-0.2, 0) is 4.79 Å². The number of halogens is 1. The van der Waals surface area contributed by atoms with Crippen LogP contribution in [-0.4, -0.2) is 31.4 Å². The maximum absolute atomic E-state index is 13.5. The second-order valence-corrected chi connectivity index (χ2v) is 9.93. The fraction of sp³-hybridized carbons (Fsp3) is 0.0400. The Balaban J connectivity index is 1.31. The van der Waals surface area contributed by atoms with E-state index in [2.05, 4.69) is 15.1 Å². The van der Waals surface area contributed by atoms with Crippen molar-refractivity contribution in [1.29, 1.82) is 0 Å². The molecule has 2 aromatic heterocycles. The minimum Gasteiger partial charge on any atom is -0.278 e. The van der Waals surface area contributed by atoms with Gasteiger partial charge in [0.05, 0.1) is 39.4 Å². The number of rotatable bonds is 4. The minimum absolute atomic E-state index is 0.0181. The predicted molar refractivity (Wildman–Crippen MR) is 137 cm³/mol. The molecule has 0 saturated carbocycles. The van der Waals surface area contributed by atoms with Crippen molar-refractivity contribution in [3.8, 4) is 5.69 Å². The van der Waals surface area contributed by atoms with Gasteiger partial charge in [0.25, 0.3) is 0 Å². The molecule has 34 heavy (non-hydrogen) atoms. The number of carbonyl (C=O) groups excluding carboxylic acids is 1. The molecule has 0 saturated heterocycles. The smallest absolute Gasteiger partial charge is 0.242 e. The number of thioether (sulfide) groups is 1. The van der Waals surface area contributed by atoms with Crippen LogP contribution >= 0.6 is 35.1 Å². The molecule has 1 amide bonds. The Morgan fingerprint density at radius 1 is 0.882 bits per heavy atom. The van der Waals surface area contributed by atoms with Crippen LogP contribution in [0.3, 0.4) is 0 Å². The summed E-state index contributed by atoms with van der Waals surface area (Å²) >= 11 is 9.42. The maximum Gasteiger partial charge on any atom is 0.242 e. The van der Waals surface area contributed by atoms with Gasteiger partial charge in [0.15, 0.2) is 5.65 Å². The highest BCUT2D eigenvalue weighted by Gasteiger charge is 2.28. The van der Waals surface area contributed by atoms with Gasteiger partial charge in [-0.2, -0.15) is 5.10 Å². The molecule has 6 nitrogen and oxygen atoms in total. The molecule has 0 bridgehead atoms. The Kier molecular flexibility index (Phi) is 5.49. The van der Waals surface area contributed by atoms with Gasteiger partial charge in [0.2, 0.25) is 5.91 Å². The van der Waals surface area contributed by atoms with E-state index in [1.807, 2.05) is 72.8 Å². The van der Waals surface area contributed by atoms with Gasteiger partial charge in [-0.25, -0.2) is 14.6 Å². The lowest BCUT2D eigenvalue weighted by molar-refractivity contribution is -0.115. The molecular weight excluding hydrogens is 486 g/mol. The number of para-hydroxylation sites is 3. The fourth-order valence-corrected chi connectivity index (χ4v) is 5.99. The topological polar surface area (TPSA) is 63.9 Å². The zero-order valence-corrected chi connectivity index (χ0v) is 20.0. The van der Waals surface area contributed by atoms with E-state index in [0.717, 1.165) is 32.2 Å². The number of hydrogen-bond acceptors (Lipinski definition) is 6. The lowest BCUT2D eigenvalue weighted by Crippen LogP contribution is -2.30. The van der Waals surface area contributed by atoms with Crippen molar-refractivity contribution < 1.29 is 4.79 Å². The van der Waals surface area contributed by atoms with Crippen molar-refractivity contribution in [1.82, 2.24) is 19.7 Å². The highest BCUT2D eigenvalue weighted by molar-refractivity contribution is 8.00. The second-order valence-electron chi connectivity index (χ2n) is 7.48. The van der Waals surface area contributed by atoms with Crippen LogP contribution in [0, 0.1) is 0 Å². The van der Waals surface area contributed by atoms with Crippen molar-refractivity contribution in [3.05, 3.63) is 90.3 Å². The Bertz CT molecular complexity index is 1510. The zero-order chi connectivity index (χ0) is 23.1. The molecule has 0 fully saturated rings. The molecule has 5 aromatic rings. The first-order valence-electron chi connectivity index (χ1n) is 10.5. The van der Waals surface area contributed by atoms with Gasteiger partial charge in [0, 0.05) is 9.79 Å². The van der Waals surface area contributed by atoms with E-state index >= 15 is 0 Å². The molecule has 0 N–H and O–H groups in total. The third-order valence-electron chi connectivity index (χ3n) is 5.42.